The van der Waals surface area contributed by atoms with E-state index in [2.05, 4.69) is 27.5 Å². The number of aliphatic imine (C=N–C) groups is 1. The molecule has 0 aliphatic heterocycles. The number of fused-ring (bicyclic) bond motifs is 1. The van der Waals surface area contributed by atoms with Gasteiger partial charge in [-0.1, -0.05) is 11.6 Å². The molecule has 0 aliphatic rings. The number of H-pyrrole nitrogens is 1. The summed E-state index contributed by atoms with van der Waals surface area (Å²) < 4.78 is 5.33. The van der Waals surface area contributed by atoms with Gasteiger partial charge in [0, 0.05) is 48.2 Å². The van der Waals surface area contributed by atoms with Crippen molar-refractivity contribution in [2.45, 2.75) is 19.8 Å². The highest BCUT2D eigenvalue weighted by atomic mass is 35.5. The number of hydrogen-bond acceptors (Lipinski definition) is 2. The van der Waals surface area contributed by atoms with E-state index in [1.807, 2.05) is 36.5 Å². The minimum atomic E-state index is 0.686. The van der Waals surface area contributed by atoms with Crippen LogP contribution in [0.15, 0.2) is 52.2 Å². The lowest BCUT2D eigenvalue weighted by molar-refractivity contribution is 0.510. The van der Waals surface area contributed by atoms with Gasteiger partial charge in [-0.25, -0.2) is 0 Å². The minimum Gasteiger partial charge on any atom is -0.469 e. The molecule has 3 rings (SSSR count). The lowest BCUT2D eigenvalue weighted by atomic mass is 10.1. The van der Waals surface area contributed by atoms with Gasteiger partial charge >= 0.3 is 0 Å². The summed E-state index contributed by atoms with van der Waals surface area (Å²) in [6, 6.07) is 9.78. The van der Waals surface area contributed by atoms with Crippen LogP contribution in [0.1, 0.15) is 18.2 Å². The lowest BCUT2D eigenvalue weighted by Gasteiger charge is -2.11. The Labute approximate surface area is 152 Å². The third kappa shape index (κ3) is 4.79. The topological polar surface area (TPSA) is 65.3 Å². The Balaban J connectivity index is 1.54. The first-order chi connectivity index (χ1) is 12.3. The lowest BCUT2D eigenvalue weighted by Crippen LogP contribution is -2.38. The molecule has 3 aromatic rings. The molecule has 0 bridgehead atoms. The number of hydrogen-bond donors (Lipinski definition) is 3. The predicted octanol–water partition coefficient (Wildman–Crippen LogP) is 3.75. The zero-order valence-corrected chi connectivity index (χ0v) is 15.1. The fraction of sp³-hybridized carbons (Fsp3) is 0.316. The summed E-state index contributed by atoms with van der Waals surface area (Å²) in [5.41, 5.74) is 2.36. The van der Waals surface area contributed by atoms with Gasteiger partial charge in [-0.3, -0.25) is 4.99 Å². The van der Waals surface area contributed by atoms with Gasteiger partial charge < -0.3 is 20.0 Å². The van der Waals surface area contributed by atoms with Crippen LogP contribution in [0, 0.1) is 0 Å². The molecule has 0 radical (unpaired) electrons. The van der Waals surface area contributed by atoms with E-state index in [0.29, 0.717) is 6.54 Å². The SMILES string of the molecule is CCNC(=NCCc1ccco1)NCCc1c[nH]c2ccc(Cl)cc12. The van der Waals surface area contributed by atoms with Gasteiger partial charge in [-0.05, 0) is 49.2 Å². The monoisotopic (exact) mass is 358 g/mol. The van der Waals surface area contributed by atoms with Crippen LogP contribution in [-0.2, 0) is 12.8 Å². The average molecular weight is 359 g/mol. The number of rotatable bonds is 7. The predicted molar refractivity (Wildman–Crippen MR) is 103 cm³/mol. The van der Waals surface area contributed by atoms with Crippen molar-refractivity contribution >= 4 is 28.5 Å². The van der Waals surface area contributed by atoms with E-state index in [1.54, 1.807) is 6.26 Å². The maximum absolute atomic E-state index is 6.11. The van der Waals surface area contributed by atoms with Crippen LogP contribution in [0.3, 0.4) is 0 Å². The Morgan fingerprint density at radius 1 is 1.24 bits per heavy atom. The Hall–Kier alpha value is -2.40. The van der Waals surface area contributed by atoms with Crippen molar-refractivity contribution in [3.05, 3.63) is 59.1 Å². The molecule has 2 aromatic heterocycles. The molecule has 0 spiro atoms. The molecular weight excluding hydrogens is 336 g/mol. The molecule has 5 nitrogen and oxygen atoms in total. The van der Waals surface area contributed by atoms with Crippen LogP contribution in [0.5, 0.6) is 0 Å². The average Bonchev–Trinajstić information content (AvgIpc) is 3.25. The number of nitrogens with zero attached hydrogens (tertiary/aromatic N) is 1. The quantitative estimate of drug-likeness (QED) is 0.445. The van der Waals surface area contributed by atoms with Crippen molar-refractivity contribution in [3.8, 4) is 0 Å². The molecule has 132 valence electrons. The number of nitrogens with one attached hydrogen (secondary N) is 3. The molecular formula is C19H23ClN4O. The van der Waals surface area contributed by atoms with Crippen molar-refractivity contribution < 1.29 is 4.42 Å². The summed E-state index contributed by atoms with van der Waals surface area (Å²) in [7, 11) is 0. The molecule has 0 amide bonds. The van der Waals surface area contributed by atoms with Gasteiger partial charge in [0.2, 0.25) is 0 Å². The van der Waals surface area contributed by atoms with Crippen LogP contribution in [0.2, 0.25) is 5.02 Å². The Morgan fingerprint density at radius 3 is 2.96 bits per heavy atom. The highest BCUT2D eigenvalue weighted by molar-refractivity contribution is 6.31. The van der Waals surface area contributed by atoms with Gasteiger partial charge in [0.25, 0.3) is 0 Å². The molecule has 0 saturated carbocycles. The number of aromatic amines is 1. The van der Waals surface area contributed by atoms with Crippen molar-refractivity contribution in [3.63, 3.8) is 0 Å². The summed E-state index contributed by atoms with van der Waals surface area (Å²) >= 11 is 6.11. The summed E-state index contributed by atoms with van der Waals surface area (Å²) in [6.45, 7) is 4.37. The van der Waals surface area contributed by atoms with Gasteiger partial charge in [-0.15, -0.1) is 0 Å². The van der Waals surface area contributed by atoms with E-state index in [0.717, 1.165) is 48.2 Å². The van der Waals surface area contributed by atoms with Gasteiger partial charge in [0.05, 0.1) is 6.26 Å². The third-order valence-corrected chi connectivity index (χ3v) is 4.20. The molecule has 0 unspecified atom stereocenters. The number of benzene rings is 1. The van der Waals surface area contributed by atoms with Gasteiger partial charge in [-0.2, -0.15) is 0 Å². The molecule has 0 fully saturated rings. The molecule has 2 heterocycles. The highest BCUT2D eigenvalue weighted by Gasteiger charge is 2.05. The van der Waals surface area contributed by atoms with Crippen molar-refractivity contribution in [2.24, 2.45) is 4.99 Å². The summed E-state index contributed by atoms with van der Waals surface area (Å²) in [4.78, 5) is 7.87. The molecule has 0 aliphatic carbocycles. The maximum Gasteiger partial charge on any atom is 0.191 e. The van der Waals surface area contributed by atoms with Crippen molar-refractivity contribution in [2.75, 3.05) is 19.6 Å². The second-order valence-electron chi connectivity index (χ2n) is 5.77. The summed E-state index contributed by atoms with van der Waals surface area (Å²) in [5, 5.41) is 8.58. The first-order valence-electron chi connectivity index (χ1n) is 8.56. The van der Waals surface area contributed by atoms with E-state index < -0.39 is 0 Å². The third-order valence-electron chi connectivity index (χ3n) is 3.97. The van der Waals surface area contributed by atoms with Gasteiger partial charge in [0.1, 0.15) is 5.76 Å². The van der Waals surface area contributed by atoms with Crippen LogP contribution in [-0.4, -0.2) is 30.6 Å². The zero-order valence-electron chi connectivity index (χ0n) is 14.3. The molecule has 3 N–H and O–H groups in total. The normalized spacial score (nSPS) is 11.8. The van der Waals surface area contributed by atoms with E-state index >= 15 is 0 Å². The molecule has 0 atom stereocenters. The number of aromatic nitrogens is 1. The van der Waals surface area contributed by atoms with Crippen molar-refractivity contribution in [1.29, 1.82) is 0 Å². The molecule has 6 heteroatoms. The molecule has 25 heavy (non-hydrogen) atoms. The van der Waals surface area contributed by atoms with Crippen LogP contribution in [0.4, 0.5) is 0 Å². The number of guanidine groups is 1. The number of furan rings is 1. The first kappa shape index (κ1) is 17.4. The minimum absolute atomic E-state index is 0.686. The smallest absolute Gasteiger partial charge is 0.191 e. The Morgan fingerprint density at radius 2 is 2.16 bits per heavy atom. The van der Waals surface area contributed by atoms with Gasteiger partial charge in [0.15, 0.2) is 5.96 Å². The van der Waals surface area contributed by atoms with E-state index in [1.165, 1.54) is 10.9 Å². The number of halogens is 1. The maximum atomic E-state index is 6.11. The highest BCUT2D eigenvalue weighted by Crippen LogP contribution is 2.22. The van der Waals surface area contributed by atoms with Crippen molar-refractivity contribution in [1.82, 2.24) is 15.6 Å². The van der Waals surface area contributed by atoms with E-state index in [4.69, 9.17) is 16.0 Å². The van der Waals surface area contributed by atoms with Crippen LogP contribution < -0.4 is 10.6 Å². The summed E-state index contributed by atoms with van der Waals surface area (Å²) in [6.07, 6.45) is 5.42. The fourth-order valence-electron chi connectivity index (χ4n) is 2.75. The zero-order chi connectivity index (χ0) is 17.5. The Bertz CT molecular complexity index is 823. The fourth-order valence-corrected chi connectivity index (χ4v) is 2.92. The van der Waals surface area contributed by atoms with Crippen LogP contribution in [0.25, 0.3) is 10.9 Å². The van der Waals surface area contributed by atoms with Crippen LogP contribution >= 0.6 is 11.6 Å². The molecule has 0 saturated heterocycles. The standard InChI is InChI=1S/C19H23ClN4O/c1-2-21-19(23-10-8-16-4-3-11-25-16)22-9-7-14-13-24-18-6-5-15(20)12-17(14)18/h3-6,11-13,24H,2,7-10H2,1H3,(H2,21,22,23). The summed E-state index contributed by atoms with van der Waals surface area (Å²) in [5.74, 6) is 1.78. The second kappa shape index (κ2) is 8.62. The Kier molecular flexibility index (Phi) is 6.01. The first-order valence-corrected chi connectivity index (χ1v) is 8.94. The van der Waals surface area contributed by atoms with E-state index in [9.17, 15) is 0 Å². The van der Waals surface area contributed by atoms with E-state index in [-0.39, 0.29) is 0 Å². The second-order valence-corrected chi connectivity index (χ2v) is 6.21. The largest absolute Gasteiger partial charge is 0.469 e. The molecule has 1 aromatic carbocycles.